The second-order valence-electron chi connectivity index (χ2n) is 4.10. The van der Waals surface area contributed by atoms with Crippen LogP contribution in [0.3, 0.4) is 0 Å². The third-order valence-electron chi connectivity index (χ3n) is 2.20. The van der Waals surface area contributed by atoms with Gasteiger partial charge in [-0.15, -0.1) is 11.6 Å². The molecule has 0 atom stereocenters. The predicted molar refractivity (Wildman–Crippen MR) is 61.1 cm³/mol. The standard InChI is InChI=1S/C10H16ClN3O/c1-4-7-5-8(14-13-7)12-9(15)10(2,3)6-11/h5H,4,6H2,1-3H3,(H2,12,13,14,15). The molecule has 4 nitrogen and oxygen atoms in total. The van der Waals surface area contributed by atoms with Crippen molar-refractivity contribution in [2.45, 2.75) is 27.2 Å². The van der Waals surface area contributed by atoms with E-state index in [4.69, 9.17) is 11.6 Å². The van der Waals surface area contributed by atoms with E-state index in [1.165, 1.54) is 0 Å². The lowest BCUT2D eigenvalue weighted by molar-refractivity contribution is -0.123. The van der Waals surface area contributed by atoms with Crippen LogP contribution >= 0.6 is 11.6 Å². The van der Waals surface area contributed by atoms with Crippen molar-refractivity contribution in [2.24, 2.45) is 5.41 Å². The molecule has 0 bridgehead atoms. The fourth-order valence-corrected chi connectivity index (χ4v) is 1.07. The molecular weight excluding hydrogens is 214 g/mol. The number of H-pyrrole nitrogens is 1. The first kappa shape index (κ1) is 12.0. The molecule has 2 N–H and O–H groups in total. The Morgan fingerprint density at radius 2 is 2.33 bits per heavy atom. The number of carbonyl (C=O) groups excluding carboxylic acids is 1. The van der Waals surface area contributed by atoms with Gasteiger partial charge in [0.1, 0.15) is 0 Å². The Morgan fingerprint density at radius 1 is 1.67 bits per heavy atom. The summed E-state index contributed by atoms with van der Waals surface area (Å²) in [4.78, 5) is 11.7. The average Bonchev–Trinajstić information content (AvgIpc) is 2.65. The summed E-state index contributed by atoms with van der Waals surface area (Å²) in [6, 6.07) is 1.82. The average molecular weight is 230 g/mol. The van der Waals surface area contributed by atoms with Crippen molar-refractivity contribution in [3.63, 3.8) is 0 Å². The fraction of sp³-hybridized carbons (Fsp3) is 0.600. The van der Waals surface area contributed by atoms with Gasteiger partial charge < -0.3 is 5.32 Å². The number of nitrogens with zero attached hydrogens (tertiary/aromatic N) is 1. The summed E-state index contributed by atoms with van der Waals surface area (Å²) in [7, 11) is 0. The highest BCUT2D eigenvalue weighted by Gasteiger charge is 2.26. The summed E-state index contributed by atoms with van der Waals surface area (Å²) >= 11 is 5.70. The third kappa shape index (κ3) is 2.96. The molecule has 0 aromatic carbocycles. The van der Waals surface area contributed by atoms with E-state index >= 15 is 0 Å². The van der Waals surface area contributed by atoms with Gasteiger partial charge in [0.15, 0.2) is 5.82 Å². The molecule has 0 saturated carbocycles. The summed E-state index contributed by atoms with van der Waals surface area (Å²) in [5, 5.41) is 9.53. The zero-order valence-corrected chi connectivity index (χ0v) is 9.98. The van der Waals surface area contributed by atoms with Crippen LogP contribution in [0.1, 0.15) is 26.5 Å². The first-order chi connectivity index (χ1) is 6.99. The molecule has 84 valence electrons. The molecule has 1 rings (SSSR count). The van der Waals surface area contributed by atoms with Gasteiger partial charge in [0.25, 0.3) is 0 Å². The van der Waals surface area contributed by atoms with E-state index in [1.54, 1.807) is 13.8 Å². The van der Waals surface area contributed by atoms with Crippen LogP contribution in [0, 0.1) is 5.41 Å². The summed E-state index contributed by atoms with van der Waals surface area (Å²) in [6.07, 6.45) is 0.863. The number of nitrogens with one attached hydrogen (secondary N) is 2. The van der Waals surface area contributed by atoms with Gasteiger partial charge in [-0.05, 0) is 20.3 Å². The van der Waals surface area contributed by atoms with Gasteiger partial charge in [0.2, 0.25) is 5.91 Å². The predicted octanol–water partition coefficient (Wildman–Crippen LogP) is 2.18. The van der Waals surface area contributed by atoms with Crippen LogP contribution in [0.2, 0.25) is 0 Å². The molecule has 1 heterocycles. The topological polar surface area (TPSA) is 57.8 Å². The van der Waals surface area contributed by atoms with Crippen molar-refractivity contribution in [1.29, 1.82) is 0 Å². The number of amides is 1. The first-order valence-corrected chi connectivity index (χ1v) is 5.44. The highest BCUT2D eigenvalue weighted by atomic mass is 35.5. The molecule has 1 aromatic heterocycles. The minimum absolute atomic E-state index is 0.119. The summed E-state index contributed by atoms with van der Waals surface area (Å²) in [5.74, 6) is 0.714. The fourth-order valence-electron chi connectivity index (χ4n) is 0.953. The summed E-state index contributed by atoms with van der Waals surface area (Å²) < 4.78 is 0. The lowest BCUT2D eigenvalue weighted by Gasteiger charge is -2.19. The second-order valence-corrected chi connectivity index (χ2v) is 4.37. The Hall–Kier alpha value is -1.03. The van der Waals surface area contributed by atoms with Crippen LogP contribution in [-0.4, -0.2) is 22.0 Å². The van der Waals surface area contributed by atoms with E-state index in [1.807, 2.05) is 13.0 Å². The SMILES string of the molecule is CCc1cc(NC(=O)C(C)(C)CCl)n[nH]1. The molecule has 0 radical (unpaired) electrons. The maximum atomic E-state index is 11.7. The number of aryl methyl sites for hydroxylation is 1. The van der Waals surface area contributed by atoms with Gasteiger partial charge >= 0.3 is 0 Å². The van der Waals surface area contributed by atoms with Crippen LogP contribution < -0.4 is 5.32 Å². The molecule has 1 aromatic rings. The van der Waals surface area contributed by atoms with Crippen LogP contribution in [0.4, 0.5) is 5.82 Å². The molecule has 0 aliphatic carbocycles. The zero-order valence-electron chi connectivity index (χ0n) is 9.22. The lowest BCUT2D eigenvalue weighted by Crippen LogP contribution is -2.32. The van der Waals surface area contributed by atoms with E-state index in [-0.39, 0.29) is 11.8 Å². The van der Waals surface area contributed by atoms with Gasteiger partial charge in [0, 0.05) is 17.6 Å². The van der Waals surface area contributed by atoms with Gasteiger partial charge in [-0.25, -0.2) is 0 Å². The minimum Gasteiger partial charge on any atom is -0.309 e. The van der Waals surface area contributed by atoms with Crippen molar-refractivity contribution in [1.82, 2.24) is 10.2 Å². The molecule has 5 heteroatoms. The summed E-state index contributed by atoms with van der Waals surface area (Å²) in [6.45, 7) is 5.60. The number of rotatable bonds is 4. The molecule has 15 heavy (non-hydrogen) atoms. The third-order valence-corrected chi connectivity index (χ3v) is 2.87. The number of anilines is 1. The van der Waals surface area contributed by atoms with Crippen molar-refractivity contribution in [3.8, 4) is 0 Å². The second kappa shape index (κ2) is 4.66. The van der Waals surface area contributed by atoms with E-state index in [2.05, 4.69) is 15.5 Å². The number of halogens is 1. The highest BCUT2D eigenvalue weighted by Crippen LogP contribution is 2.19. The first-order valence-electron chi connectivity index (χ1n) is 4.91. The Kier molecular flexibility index (Phi) is 3.74. The molecule has 0 saturated heterocycles. The molecule has 0 aliphatic rings. The van der Waals surface area contributed by atoms with Crippen molar-refractivity contribution >= 4 is 23.3 Å². The molecular formula is C10H16ClN3O. The van der Waals surface area contributed by atoms with E-state index in [0.717, 1.165) is 12.1 Å². The molecule has 0 unspecified atom stereocenters. The van der Waals surface area contributed by atoms with Gasteiger partial charge in [0.05, 0.1) is 5.41 Å². The molecule has 0 fully saturated rings. The van der Waals surface area contributed by atoms with Crippen LogP contribution in [0.5, 0.6) is 0 Å². The smallest absolute Gasteiger partial charge is 0.232 e. The minimum atomic E-state index is -0.577. The van der Waals surface area contributed by atoms with Gasteiger partial charge in [-0.2, -0.15) is 5.10 Å². The largest absolute Gasteiger partial charge is 0.309 e. The quantitative estimate of drug-likeness (QED) is 0.778. The zero-order chi connectivity index (χ0) is 11.5. The Bertz CT molecular complexity index is 346. The number of hydrogen-bond acceptors (Lipinski definition) is 2. The maximum absolute atomic E-state index is 11.7. The molecule has 0 aliphatic heterocycles. The Labute approximate surface area is 94.4 Å². The van der Waals surface area contributed by atoms with Crippen LogP contribution in [0.25, 0.3) is 0 Å². The van der Waals surface area contributed by atoms with E-state index < -0.39 is 5.41 Å². The normalized spacial score (nSPS) is 11.5. The lowest BCUT2D eigenvalue weighted by atomic mass is 9.95. The number of aromatic amines is 1. The van der Waals surface area contributed by atoms with Crippen LogP contribution in [0.15, 0.2) is 6.07 Å². The van der Waals surface area contributed by atoms with E-state index in [9.17, 15) is 4.79 Å². The number of hydrogen-bond donors (Lipinski definition) is 2. The maximum Gasteiger partial charge on any atom is 0.232 e. The van der Waals surface area contributed by atoms with Crippen molar-refractivity contribution < 1.29 is 4.79 Å². The van der Waals surface area contributed by atoms with Gasteiger partial charge in [-0.3, -0.25) is 9.89 Å². The number of carbonyl (C=O) groups is 1. The van der Waals surface area contributed by atoms with Crippen LogP contribution in [-0.2, 0) is 11.2 Å². The van der Waals surface area contributed by atoms with Crippen molar-refractivity contribution in [3.05, 3.63) is 11.8 Å². The van der Waals surface area contributed by atoms with E-state index in [0.29, 0.717) is 5.82 Å². The number of aromatic nitrogens is 2. The Morgan fingerprint density at radius 3 is 2.80 bits per heavy atom. The number of alkyl halides is 1. The molecule has 0 spiro atoms. The molecule has 1 amide bonds. The highest BCUT2D eigenvalue weighted by molar-refractivity contribution is 6.20. The Balaban J connectivity index is 2.66. The monoisotopic (exact) mass is 229 g/mol. The summed E-state index contributed by atoms with van der Waals surface area (Å²) in [5.41, 5.74) is 0.418. The van der Waals surface area contributed by atoms with Crippen molar-refractivity contribution in [2.75, 3.05) is 11.2 Å². The van der Waals surface area contributed by atoms with Gasteiger partial charge in [-0.1, -0.05) is 6.92 Å².